The van der Waals surface area contributed by atoms with Gasteiger partial charge in [0, 0.05) is 19.0 Å². The van der Waals surface area contributed by atoms with Crippen molar-refractivity contribution < 1.29 is 4.74 Å². The van der Waals surface area contributed by atoms with Gasteiger partial charge in [-0.1, -0.05) is 0 Å². The number of anilines is 1. The van der Waals surface area contributed by atoms with E-state index in [0.29, 0.717) is 11.8 Å². The molecule has 0 radical (unpaired) electrons. The highest BCUT2D eigenvalue weighted by Crippen LogP contribution is 2.28. The molecule has 5 nitrogen and oxygen atoms in total. The molecule has 1 aromatic rings. The van der Waals surface area contributed by atoms with Crippen molar-refractivity contribution in [2.45, 2.75) is 6.92 Å². The normalized spacial score (nSPS) is 16.3. The average Bonchev–Trinajstić information content (AvgIpc) is 2.19. The molecule has 0 amide bonds. The van der Waals surface area contributed by atoms with Crippen LogP contribution < -0.4 is 15.4 Å². The van der Waals surface area contributed by atoms with Gasteiger partial charge in [0.15, 0.2) is 0 Å². The van der Waals surface area contributed by atoms with Gasteiger partial charge in [-0.05, 0) is 13.5 Å². The third-order valence-electron chi connectivity index (χ3n) is 2.79. The predicted molar refractivity (Wildman–Crippen MR) is 58.1 cm³/mol. The van der Waals surface area contributed by atoms with E-state index in [0.717, 1.165) is 31.0 Å². The first-order valence-corrected chi connectivity index (χ1v) is 5.07. The molecular weight excluding hydrogens is 192 g/mol. The molecule has 2 rings (SSSR count). The first-order chi connectivity index (χ1) is 7.26. The van der Waals surface area contributed by atoms with Crippen LogP contribution in [0.15, 0.2) is 6.33 Å². The second kappa shape index (κ2) is 4.02. The molecule has 15 heavy (non-hydrogen) atoms. The number of methoxy groups -OCH3 is 1. The van der Waals surface area contributed by atoms with E-state index < -0.39 is 0 Å². The van der Waals surface area contributed by atoms with Crippen molar-refractivity contribution in [3.05, 3.63) is 11.9 Å². The summed E-state index contributed by atoms with van der Waals surface area (Å²) in [5, 5.41) is 0. The summed E-state index contributed by atoms with van der Waals surface area (Å²) in [7, 11) is 1.62. The number of rotatable bonds is 3. The number of hydrogen-bond acceptors (Lipinski definition) is 5. The molecule has 1 aliphatic rings. The number of aromatic nitrogens is 2. The first-order valence-electron chi connectivity index (χ1n) is 5.07. The monoisotopic (exact) mass is 208 g/mol. The van der Waals surface area contributed by atoms with Crippen LogP contribution in [0.4, 0.5) is 5.82 Å². The smallest absolute Gasteiger partial charge is 0.221 e. The van der Waals surface area contributed by atoms with Gasteiger partial charge in [0.1, 0.15) is 12.1 Å². The molecule has 0 unspecified atom stereocenters. The van der Waals surface area contributed by atoms with Crippen LogP contribution in [-0.4, -0.2) is 36.7 Å². The fourth-order valence-electron chi connectivity index (χ4n) is 1.84. The lowest BCUT2D eigenvalue weighted by Gasteiger charge is -2.40. The second-order valence-electron chi connectivity index (χ2n) is 3.84. The number of nitrogens with zero attached hydrogens (tertiary/aromatic N) is 3. The molecule has 0 atom stereocenters. The lowest BCUT2D eigenvalue weighted by molar-refractivity contribution is 0.388. The van der Waals surface area contributed by atoms with Crippen molar-refractivity contribution in [1.82, 2.24) is 9.97 Å². The standard InChI is InChI=1S/C10H16N4O/c1-7-9(12-6-13-10(7)15-2)14-4-8(3-11)5-14/h6,8H,3-5,11H2,1-2H3. The number of nitrogens with two attached hydrogens (primary N) is 1. The number of hydrogen-bond donors (Lipinski definition) is 1. The fourth-order valence-corrected chi connectivity index (χ4v) is 1.84. The minimum Gasteiger partial charge on any atom is -0.481 e. The van der Waals surface area contributed by atoms with Crippen LogP contribution in [0.3, 0.4) is 0 Å². The minimum atomic E-state index is 0.602. The third kappa shape index (κ3) is 1.74. The zero-order valence-electron chi connectivity index (χ0n) is 9.10. The minimum absolute atomic E-state index is 0.602. The fraction of sp³-hybridized carbons (Fsp3) is 0.600. The van der Waals surface area contributed by atoms with Gasteiger partial charge in [0.2, 0.25) is 5.88 Å². The maximum Gasteiger partial charge on any atom is 0.221 e. The van der Waals surface area contributed by atoms with E-state index in [1.807, 2.05) is 6.92 Å². The van der Waals surface area contributed by atoms with Gasteiger partial charge in [-0.2, -0.15) is 0 Å². The molecule has 0 saturated carbocycles. The summed E-state index contributed by atoms with van der Waals surface area (Å²) in [4.78, 5) is 10.5. The lowest BCUT2D eigenvalue weighted by Crippen LogP contribution is -2.50. The van der Waals surface area contributed by atoms with Gasteiger partial charge < -0.3 is 15.4 Å². The van der Waals surface area contributed by atoms with E-state index >= 15 is 0 Å². The highest BCUT2D eigenvalue weighted by Gasteiger charge is 2.28. The van der Waals surface area contributed by atoms with Crippen LogP contribution in [0.5, 0.6) is 5.88 Å². The largest absolute Gasteiger partial charge is 0.481 e. The molecule has 0 spiro atoms. The third-order valence-corrected chi connectivity index (χ3v) is 2.79. The summed E-state index contributed by atoms with van der Waals surface area (Å²) >= 11 is 0. The Labute approximate surface area is 89.3 Å². The summed E-state index contributed by atoms with van der Waals surface area (Å²) < 4.78 is 5.16. The molecule has 2 N–H and O–H groups in total. The van der Waals surface area contributed by atoms with Crippen molar-refractivity contribution in [2.75, 3.05) is 31.6 Å². The van der Waals surface area contributed by atoms with Crippen molar-refractivity contribution >= 4 is 5.82 Å². The Morgan fingerprint density at radius 2 is 2.27 bits per heavy atom. The van der Waals surface area contributed by atoms with Gasteiger partial charge in [0.25, 0.3) is 0 Å². The lowest BCUT2D eigenvalue weighted by atomic mass is 10.0. The molecule has 1 aromatic heterocycles. The molecule has 82 valence electrons. The van der Waals surface area contributed by atoms with Crippen LogP contribution in [0.25, 0.3) is 0 Å². The van der Waals surface area contributed by atoms with E-state index in [2.05, 4.69) is 14.9 Å². The quantitative estimate of drug-likeness (QED) is 0.768. The van der Waals surface area contributed by atoms with Gasteiger partial charge in [0.05, 0.1) is 12.7 Å². The highest BCUT2D eigenvalue weighted by atomic mass is 16.5. The molecule has 0 bridgehead atoms. The summed E-state index contributed by atoms with van der Waals surface area (Å²) in [6.45, 7) is 4.69. The Bertz CT molecular complexity index is 349. The Morgan fingerprint density at radius 3 is 2.87 bits per heavy atom. The van der Waals surface area contributed by atoms with E-state index in [1.54, 1.807) is 7.11 Å². The van der Waals surface area contributed by atoms with Crippen LogP contribution in [0, 0.1) is 12.8 Å². The molecule has 1 aliphatic heterocycles. The molecule has 0 aromatic carbocycles. The molecule has 2 heterocycles. The Kier molecular flexibility index (Phi) is 2.73. The maximum atomic E-state index is 5.58. The van der Waals surface area contributed by atoms with Crippen molar-refractivity contribution in [1.29, 1.82) is 0 Å². The summed E-state index contributed by atoms with van der Waals surface area (Å²) in [6.07, 6.45) is 1.54. The molecule has 0 aliphatic carbocycles. The van der Waals surface area contributed by atoms with E-state index in [9.17, 15) is 0 Å². The molecule has 5 heteroatoms. The van der Waals surface area contributed by atoms with E-state index in [4.69, 9.17) is 10.5 Å². The summed E-state index contributed by atoms with van der Waals surface area (Å²) in [5.74, 6) is 2.22. The zero-order valence-corrected chi connectivity index (χ0v) is 9.10. The van der Waals surface area contributed by atoms with Gasteiger partial charge in [-0.25, -0.2) is 9.97 Å². The topological polar surface area (TPSA) is 64.3 Å². The Balaban J connectivity index is 2.16. The zero-order chi connectivity index (χ0) is 10.8. The Morgan fingerprint density at radius 1 is 1.53 bits per heavy atom. The van der Waals surface area contributed by atoms with Crippen LogP contribution in [0.2, 0.25) is 0 Å². The van der Waals surface area contributed by atoms with Crippen molar-refractivity contribution in [3.63, 3.8) is 0 Å². The second-order valence-corrected chi connectivity index (χ2v) is 3.84. The van der Waals surface area contributed by atoms with Crippen LogP contribution >= 0.6 is 0 Å². The maximum absolute atomic E-state index is 5.58. The number of ether oxygens (including phenoxy) is 1. The van der Waals surface area contributed by atoms with Crippen molar-refractivity contribution in [2.24, 2.45) is 11.7 Å². The SMILES string of the molecule is COc1ncnc(N2CC(CN)C2)c1C. The average molecular weight is 208 g/mol. The van der Waals surface area contributed by atoms with E-state index in [1.165, 1.54) is 6.33 Å². The summed E-state index contributed by atoms with van der Waals surface area (Å²) in [5.41, 5.74) is 6.58. The summed E-state index contributed by atoms with van der Waals surface area (Å²) in [6, 6.07) is 0. The predicted octanol–water partition coefficient (Wildman–Crippen LogP) is 0.189. The molecule has 1 saturated heterocycles. The van der Waals surface area contributed by atoms with Gasteiger partial charge in [-0.15, -0.1) is 0 Å². The molecular formula is C10H16N4O. The molecule has 1 fully saturated rings. The first kappa shape index (κ1) is 10.2. The van der Waals surface area contributed by atoms with Crippen LogP contribution in [-0.2, 0) is 0 Å². The van der Waals surface area contributed by atoms with Crippen LogP contribution in [0.1, 0.15) is 5.56 Å². The highest BCUT2D eigenvalue weighted by molar-refractivity contribution is 5.51. The van der Waals surface area contributed by atoms with Gasteiger partial charge in [-0.3, -0.25) is 0 Å². The van der Waals surface area contributed by atoms with E-state index in [-0.39, 0.29) is 0 Å². The van der Waals surface area contributed by atoms with Gasteiger partial charge >= 0.3 is 0 Å². The Hall–Kier alpha value is -1.36. The van der Waals surface area contributed by atoms with Crippen molar-refractivity contribution in [3.8, 4) is 5.88 Å².